The van der Waals surface area contributed by atoms with Gasteiger partial charge in [0.2, 0.25) is 5.91 Å². The Balaban J connectivity index is 1.71. The van der Waals surface area contributed by atoms with Gasteiger partial charge in [0.15, 0.2) is 5.96 Å². The molecule has 3 aromatic rings. The predicted octanol–water partition coefficient (Wildman–Crippen LogP) is 2.55. The molecule has 0 radical (unpaired) electrons. The number of aromatic nitrogens is 2. The molecule has 0 spiro atoms. The monoisotopic (exact) mass is 418 g/mol. The van der Waals surface area contributed by atoms with Gasteiger partial charge in [-0.15, -0.1) is 0 Å². The molecule has 1 amide bonds. The Morgan fingerprint density at radius 1 is 1.03 bits per heavy atom. The summed E-state index contributed by atoms with van der Waals surface area (Å²) in [6.07, 6.45) is 2.82. The molecule has 0 fully saturated rings. The zero-order chi connectivity index (χ0) is 22.1. The molecule has 3 rings (SSSR count). The van der Waals surface area contributed by atoms with Crippen LogP contribution < -0.4 is 10.6 Å². The predicted molar refractivity (Wildman–Crippen MR) is 124 cm³/mol. The van der Waals surface area contributed by atoms with E-state index >= 15 is 0 Å². The van der Waals surface area contributed by atoms with Gasteiger partial charge >= 0.3 is 0 Å². The first-order valence-electron chi connectivity index (χ1n) is 10.4. The molecule has 162 valence electrons. The van der Waals surface area contributed by atoms with E-state index in [4.69, 9.17) is 4.99 Å². The number of benzene rings is 2. The van der Waals surface area contributed by atoms with Crippen LogP contribution in [-0.2, 0) is 17.8 Å². The zero-order valence-electron chi connectivity index (χ0n) is 18.4. The summed E-state index contributed by atoms with van der Waals surface area (Å²) in [5.74, 6) is 0.600. The van der Waals surface area contributed by atoms with Gasteiger partial charge in [-0.2, -0.15) is 5.10 Å². The average molecular weight is 419 g/mol. The van der Waals surface area contributed by atoms with Crippen molar-refractivity contribution in [2.75, 3.05) is 27.2 Å². The average Bonchev–Trinajstić information content (AvgIpc) is 3.22. The Morgan fingerprint density at radius 3 is 2.48 bits per heavy atom. The second-order valence-corrected chi connectivity index (χ2v) is 7.50. The van der Waals surface area contributed by atoms with Crippen molar-refractivity contribution in [1.29, 1.82) is 0 Å². The van der Waals surface area contributed by atoms with Gasteiger partial charge in [-0.3, -0.25) is 4.79 Å². The lowest BCUT2D eigenvalue weighted by atomic mass is 10.1. The van der Waals surface area contributed by atoms with Crippen molar-refractivity contribution in [1.82, 2.24) is 25.3 Å². The SMILES string of the molecule is Cc1ccn(-c2ccccc2CN=C(NCCc2ccccc2)NCC(=O)N(C)C)n1. The quantitative estimate of drug-likeness (QED) is 0.436. The molecular formula is C24H30N6O. The highest BCUT2D eigenvalue weighted by atomic mass is 16.2. The largest absolute Gasteiger partial charge is 0.356 e. The van der Waals surface area contributed by atoms with E-state index in [0.717, 1.165) is 23.4 Å². The number of rotatable bonds is 8. The number of carbonyl (C=O) groups is 1. The lowest BCUT2D eigenvalue weighted by Crippen LogP contribution is -2.43. The van der Waals surface area contributed by atoms with Gasteiger partial charge in [-0.05, 0) is 36.6 Å². The van der Waals surface area contributed by atoms with Crippen LogP contribution in [0.2, 0.25) is 0 Å². The maximum Gasteiger partial charge on any atom is 0.241 e. The molecular weight excluding hydrogens is 388 g/mol. The second kappa shape index (κ2) is 11.0. The Kier molecular flexibility index (Phi) is 7.81. The molecule has 1 heterocycles. The highest BCUT2D eigenvalue weighted by Crippen LogP contribution is 2.15. The number of para-hydroxylation sites is 1. The minimum absolute atomic E-state index is 0.00928. The van der Waals surface area contributed by atoms with Crippen LogP contribution in [0, 0.1) is 6.92 Å². The minimum Gasteiger partial charge on any atom is -0.356 e. The number of aliphatic imine (C=N–C) groups is 1. The highest BCUT2D eigenvalue weighted by molar-refractivity contribution is 5.86. The Morgan fingerprint density at radius 2 is 1.77 bits per heavy atom. The molecule has 31 heavy (non-hydrogen) atoms. The molecule has 0 saturated heterocycles. The van der Waals surface area contributed by atoms with Gasteiger partial charge in [-0.1, -0.05) is 48.5 Å². The first-order valence-corrected chi connectivity index (χ1v) is 10.4. The van der Waals surface area contributed by atoms with E-state index in [9.17, 15) is 4.79 Å². The minimum atomic E-state index is -0.00928. The topological polar surface area (TPSA) is 74.6 Å². The summed E-state index contributed by atoms with van der Waals surface area (Å²) in [6, 6.07) is 20.3. The standard InChI is InChI=1S/C24H30N6O/c1-19-14-16-30(28-19)22-12-8-7-11-21(22)17-26-24(27-18-23(31)29(2)3)25-15-13-20-9-5-4-6-10-20/h4-12,14,16H,13,15,17-18H2,1-3H3,(H2,25,26,27). The molecule has 0 unspecified atom stereocenters. The maximum atomic E-state index is 12.0. The van der Waals surface area contributed by atoms with Crippen LogP contribution in [0.4, 0.5) is 0 Å². The molecule has 0 aliphatic rings. The number of nitrogens with zero attached hydrogens (tertiary/aromatic N) is 4. The number of likely N-dealkylation sites (N-methyl/N-ethyl adjacent to an activating group) is 1. The van der Waals surface area contributed by atoms with Crippen LogP contribution in [0.5, 0.6) is 0 Å². The smallest absolute Gasteiger partial charge is 0.241 e. The van der Waals surface area contributed by atoms with E-state index in [1.807, 2.05) is 66.3 Å². The Hall–Kier alpha value is -3.61. The molecule has 7 nitrogen and oxygen atoms in total. The van der Waals surface area contributed by atoms with Gasteiger partial charge in [0.1, 0.15) is 0 Å². The second-order valence-electron chi connectivity index (χ2n) is 7.50. The van der Waals surface area contributed by atoms with E-state index in [0.29, 0.717) is 19.0 Å². The van der Waals surface area contributed by atoms with Gasteiger partial charge in [-0.25, -0.2) is 9.67 Å². The first kappa shape index (κ1) is 22.1. The van der Waals surface area contributed by atoms with Crippen LogP contribution in [-0.4, -0.2) is 53.7 Å². The summed E-state index contributed by atoms with van der Waals surface area (Å²) >= 11 is 0. The molecule has 2 N–H and O–H groups in total. The van der Waals surface area contributed by atoms with Gasteiger partial charge in [0.05, 0.1) is 24.5 Å². The molecule has 0 aliphatic heterocycles. The zero-order valence-corrected chi connectivity index (χ0v) is 18.4. The number of hydrogen-bond donors (Lipinski definition) is 2. The van der Waals surface area contributed by atoms with Crippen LogP contribution in [0.25, 0.3) is 5.69 Å². The number of aryl methyl sites for hydroxylation is 1. The van der Waals surface area contributed by atoms with E-state index in [-0.39, 0.29) is 12.5 Å². The fourth-order valence-corrected chi connectivity index (χ4v) is 3.04. The Bertz CT molecular complexity index is 1010. The van der Waals surface area contributed by atoms with Gasteiger partial charge in [0, 0.05) is 26.8 Å². The van der Waals surface area contributed by atoms with Crippen molar-refractivity contribution in [2.45, 2.75) is 19.9 Å². The lowest BCUT2D eigenvalue weighted by molar-refractivity contribution is -0.127. The number of amides is 1. The molecule has 0 saturated carbocycles. The van der Waals surface area contributed by atoms with Gasteiger partial charge in [0.25, 0.3) is 0 Å². The number of guanidine groups is 1. The summed E-state index contributed by atoms with van der Waals surface area (Å²) in [5.41, 5.74) is 4.25. The van der Waals surface area contributed by atoms with Gasteiger partial charge < -0.3 is 15.5 Å². The number of nitrogens with one attached hydrogen (secondary N) is 2. The van der Waals surface area contributed by atoms with Crippen molar-refractivity contribution in [3.05, 3.63) is 83.7 Å². The molecule has 7 heteroatoms. The summed E-state index contributed by atoms with van der Waals surface area (Å²) < 4.78 is 1.87. The van der Waals surface area contributed by atoms with Crippen molar-refractivity contribution < 1.29 is 4.79 Å². The Labute approximate surface area is 183 Å². The first-order chi connectivity index (χ1) is 15.0. The van der Waals surface area contributed by atoms with E-state index in [2.05, 4.69) is 27.9 Å². The fourth-order valence-electron chi connectivity index (χ4n) is 3.04. The summed E-state index contributed by atoms with van der Waals surface area (Å²) in [7, 11) is 3.48. The van der Waals surface area contributed by atoms with Crippen LogP contribution >= 0.6 is 0 Å². The fraction of sp³-hybridized carbons (Fsp3) is 0.292. The van der Waals surface area contributed by atoms with Crippen molar-refractivity contribution in [3.63, 3.8) is 0 Å². The van der Waals surface area contributed by atoms with E-state index in [1.54, 1.807) is 19.0 Å². The molecule has 0 bridgehead atoms. The lowest BCUT2D eigenvalue weighted by Gasteiger charge is -2.15. The normalized spacial score (nSPS) is 11.3. The molecule has 2 aromatic carbocycles. The van der Waals surface area contributed by atoms with E-state index in [1.165, 1.54) is 5.56 Å². The summed E-state index contributed by atoms with van der Waals surface area (Å²) in [5, 5.41) is 11.0. The highest BCUT2D eigenvalue weighted by Gasteiger charge is 2.08. The van der Waals surface area contributed by atoms with Crippen molar-refractivity contribution in [3.8, 4) is 5.69 Å². The molecule has 0 aliphatic carbocycles. The number of carbonyl (C=O) groups excluding carboxylic acids is 1. The van der Waals surface area contributed by atoms with Crippen LogP contribution in [0.1, 0.15) is 16.8 Å². The van der Waals surface area contributed by atoms with Crippen LogP contribution in [0.15, 0.2) is 71.9 Å². The third-order valence-corrected chi connectivity index (χ3v) is 4.82. The third kappa shape index (κ3) is 6.70. The molecule has 0 atom stereocenters. The van der Waals surface area contributed by atoms with Crippen molar-refractivity contribution >= 4 is 11.9 Å². The van der Waals surface area contributed by atoms with Crippen molar-refractivity contribution in [2.24, 2.45) is 4.99 Å². The van der Waals surface area contributed by atoms with E-state index < -0.39 is 0 Å². The number of hydrogen-bond acceptors (Lipinski definition) is 3. The third-order valence-electron chi connectivity index (χ3n) is 4.82. The summed E-state index contributed by atoms with van der Waals surface area (Å²) in [6.45, 7) is 3.33. The maximum absolute atomic E-state index is 12.0. The van der Waals surface area contributed by atoms with Crippen LogP contribution in [0.3, 0.4) is 0 Å². The summed E-state index contributed by atoms with van der Waals surface area (Å²) in [4.78, 5) is 18.3. The molecule has 1 aromatic heterocycles.